The lowest BCUT2D eigenvalue weighted by atomic mass is 9.80. The molecule has 1 saturated heterocycles. The van der Waals surface area contributed by atoms with Gasteiger partial charge >= 0.3 is 0 Å². The summed E-state index contributed by atoms with van der Waals surface area (Å²) in [6.07, 6.45) is 4.96. The van der Waals surface area contributed by atoms with E-state index in [1.807, 2.05) is 0 Å². The fourth-order valence-electron chi connectivity index (χ4n) is 3.55. The van der Waals surface area contributed by atoms with Gasteiger partial charge in [-0.3, -0.25) is 4.90 Å². The average molecular weight is 288 g/mol. The van der Waals surface area contributed by atoms with Crippen LogP contribution in [0.15, 0.2) is 30.3 Å². The minimum atomic E-state index is 0.115. The normalized spacial score (nSPS) is 25.9. The molecule has 1 N–H and O–H groups in total. The Kier molecular flexibility index (Phi) is 5.45. The lowest BCUT2D eigenvalue weighted by Gasteiger charge is -2.53. The van der Waals surface area contributed by atoms with Crippen LogP contribution in [0.5, 0.6) is 0 Å². The summed E-state index contributed by atoms with van der Waals surface area (Å²) in [5.74, 6) is 0. The van der Waals surface area contributed by atoms with Crippen molar-refractivity contribution >= 4 is 0 Å². The predicted molar refractivity (Wildman–Crippen MR) is 91.6 cm³/mol. The third-order valence-corrected chi connectivity index (χ3v) is 5.53. The van der Waals surface area contributed by atoms with Crippen LogP contribution in [0, 0.1) is 0 Å². The van der Waals surface area contributed by atoms with E-state index in [0.717, 1.165) is 13.1 Å². The molecule has 1 unspecified atom stereocenters. The zero-order chi connectivity index (χ0) is 15.3. The molecule has 1 atom stereocenters. The van der Waals surface area contributed by atoms with Crippen LogP contribution in [-0.2, 0) is 5.54 Å². The summed E-state index contributed by atoms with van der Waals surface area (Å²) in [7, 11) is 0. The van der Waals surface area contributed by atoms with E-state index in [4.69, 9.17) is 0 Å². The molecule has 0 amide bonds. The second kappa shape index (κ2) is 6.93. The molecule has 1 aromatic rings. The largest absolute Gasteiger partial charge is 0.308 e. The monoisotopic (exact) mass is 288 g/mol. The third kappa shape index (κ3) is 3.32. The lowest BCUT2D eigenvalue weighted by molar-refractivity contribution is 0.00775. The minimum absolute atomic E-state index is 0.115. The van der Waals surface area contributed by atoms with Crippen molar-refractivity contribution in [2.45, 2.75) is 64.5 Å². The van der Waals surface area contributed by atoms with Crippen molar-refractivity contribution in [3.8, 4) is 0 Å². The Labute approximate surface area is 130 Å². The van der Waals surface area contributed by atoms with Gasteiger partial charge in [-0.25, -0.2) is 0 Å². The van der Waals surface area contributed by atoms with Crippen LogP contribution in [0.2, 0.25) is 0 Å². The van der Waals surface area contributed by atoms with Crippen LogP contribution in [0.4, 0.5) is 0 Å². The molecule has 0 saturated carbocycles. The van der Waals surface area contributed by atoms with Crippen molar-refractivity contribution in [3.05, 3.63) is 35.9 Å². The molecule has 21 heavy (non-hydrogen) atoms. The Bertz CT molecular complexity index is 424. The molecule has 0 bridgehead atoms. The Hall–Kier alpha value is -0.860. The molecule has 1 fully saturated rings. The van der Waals surface area contributed by atoms with Gasteiger partial charge in [0, 0.05) is 18.6 Å². The zero-order valence-electron chi connectivity index (χ0n) is 14.3. The first kappa shape index (κ1) is 16.5. The summed E-state index contributed by atoms with van der Waals surface area (Å²) in [5, 5.41) is 3.89. The van der Waals surface area contributed by atoms with Crippen molar-refractivity contribution in [2.24, 2.45) is 0 Å². The standard InChI is InChI=1S/C19H32N2/c1-5-8-14-21-16-19(6-2,7-3)20-15-18(21,4)17-12-10-9-11-13-17/h9-13,20H,5-8,14-16H2,1-4H3. The maximum atomic E-state index is 3.89. The van der Waals surface area contributed by atoms with Gasteiger partial charge in [-0.1, -0.05) is 57.5 Å². The number of hydrogen-bond acceptors (Lipinski definition) is 2. The Morgan fingerprint density at radius 1 is 1.10 bits per heavy atom. The molecule has 0 radical (unpaired) electrons. The Morgan fingerprint density at radius 2 is 1.76 bits per heavy atom. The van der Waals surface area contributed by atoms with Crippen LogP contribution < -0.4 is 5.32 Å². The van der Waals surface area contributed by atoms with E-state index < -0.39 is 0 Å². The molecular formula is C19H32N2. The molecule has 1 aliphatic heterocycles. The highest BCUT2D eigenvalue weighted by Gasteiger charge is 2.43. The number of rotatable bonds is 6. The van der Waals surface area contributed by atoms with Crippen molar-refractivity contribution in [1.82, 2.24) is 10.2 Å². The van der Waals surface area contributed by atoms with Gasteiger partial charge in [-0.05, 0) is 38.3 Å². The van der Waals surface area contributed by atoms with Crippen LogP contribution in [-0.4, -0.2) is 30.1 Å². The van der Waals surface area contributed by atoms with Crippen molar-refractivity contribution in [3.63, 3.8) is 0 Å². The molecule has 0 aliphatic carbocycles. The van der Waals surface area contributed by atoms with E-state index in [-0.39, 0.29) is 5.54 Å². The highest BCUT2D eigenvalue weighted by molar-refractivity contribution is 5.26. The van der Waals surface area contributed by atoms with Crippen molar-refractivity contribution in [2.75, 3.05) is 19.6 Å². The van der Waals surface area contributed by atoms with Gasteiger partial charge in [0.05, 0.1) is 5.54 Å². The summed E-state index contributed by atoms with van der Waals surface area (Å²) < 4.78 is 0. The fraction of sp³-hybridized carbons (Fsp3) is 0.684. The predicted octanol–water partition coefficient (Wildman–Crippen LogP) is 4.17. The van der Waals surface area contributed by atoms with Gasteiger partial charge in [-0.15, -0.1) is 0 Å². The molecule has 118 valence electrons. The molecule has 2 heteroatoms. The number of unbranched alkanes of at least 4 members (excludes halogenated alkanes) is 1. The maximum Gasteiger partial charge on any atom is 0.0558 e. The lowest BCUT2D eigenvalue weighted by Crippen LogP contribution is -2.67. The molecule has 2 nitrogen and oxygen atoms in total. The van der Waals surface area contributed by atoms with Gasteiger partial charge in [0.1, 0.15) is 0 Å². The van der Waals surface area contributed by atoms with Gasteiger partial charge in [0.15, 0.2) is 0 Å². The zero-order valence-corrected chi connectivity index (χ0v) is 14.3. The van der Waals surface area contributed by atoms with Gasteiger partial charge in [0.25, 0.3) is 0 Å². The van der Waals surface area contributed by atoms with Gasteiger partial charge < -0.3 is 5.32 Å². The second-order valence-corrected chi connectivity index (χ2v) is 6.76. The van der Waals surface area contributed by atoms with Gasteiger partial charge in [0.2, 0.25) is 0 Å². The first-order chi connectivity index (χ1) is 10.1. The number of piperazine rings is 1. The van der Waals surface area contributed by atoms with E-state index in [0.29, 0.717) is 5.54 Å². The topological polar surface area (TPSA) is 15.3 Å². The van der Waals surface area contributed by atoms with E-state index in [1.165, 1.54) is 37.8 Å². The first-order valence-electron chi connectivity index (χ1n) is 8.66. The first-order valence-corrected chi connectivity index (χ1v) is 8.66. The smallest absolute Gasteiger partial charge is 0.0558 e. The quantitative estimate of drug-likeness (QED) is 0.845. The molecule has 0 spiro atoms. The van der Waals surface area contributed by atoms with E-state index in [2.05, 4.69) is 68.2 Å². The molecule has 2 rings (SSSR count). The van der Waals surface area contributed by atoms with Crippen LogP contribution >= 0.6 is 0 Å². The van der Waals surface area contributed by atoms with E-state index in [9.17, 15) is 0 Å². The molecule has 1 heterocycles. The summed E-state index contributed by atoms with van der Waals surface area (Å²) in [4.78, 5) is 2.73. The molecule has 0 aromatic heterocycles. The molecule has 1 aliphatic rings. The second-order valence-electron chi connectivity index (χ2n) is 6.76. The Balaban J connectivity index is 2.28. The number of benzene rings is 1. The Morgan fingerprint density at radius 3 is 2.33 bits per heavy atom. The SMILES string of the molecule is CCCCN1CC(CC)(CC)NCC1(C)c1ccccc1. The summed E-state index contributed by atoms with van der Waals surface area (Å²) in [5.41, 5.74) is 1.85. The number of nitrogens with zero attached hydrogens (tertiary/aromatic N) is 1. The van der Waals surface area contributed by atoms with Crippen LogP contribution in [0.25, 0.3) is 0 Å². The molecule has 1 aromatic carbocycles. The van der Waals surface area contributed by atoms with Crippen LogP contribution in [0.1, 0.15) is 58.9 Å². The van der Waals surface area contributed by atoms with E-state index >= 15 is 0 Å². The average Bonchev–Trinajstić information content (AvgIpc) is 2.55. The van der Waals surface area contributed by atoms with Crippen molar-refractivity contribution in [1.29, 1.82) is 0 Å². The van der Waals surface area contributed by atoms with E-state index in [1.54, 1.807) is 0 Å². The molecular weight excluding hydrogens is 256 g/mol. The minimum Gasteiger partial charge on any atom is -0.308 e. The summed E-state index contributed by atoms with van der Waals surface area (Å²) >= 11 is 0. The maximum absolute atomic E-state index is 3.89. The highest BCUT2D eigenvalue weighted by atomic mass is 15.3. The van der Waals surface area contributed by atoms with Crippen LogP contribution in [0.3, 0.4) is 0 Å². The fourth-order valence-corrected chi connectivity index (χ4v) is 3.55. The number of hydrogen-bond donors (Lipinski definition) is 1. The summed E-state index contributed by atoms with van der Waals surface area (Å²) in [6.45, 7) is 12.7. The van der Waals surface area contributed by atoms with Gasteiger partial charge in [-0.2, -0.15) is 0 Å². The summed E-state index contributed by atoms with van der Waals surface area (Å²) in [6, 6.07) is 11.0. The third-order valence-electron chi connectivity index (χ3n) is 5.53. The van der Waals surface area contributed by atoms with Crippen molar-refractivity contribution < 1.29 is 0 Å². The number of nitrogens with one attached hydrogen (secondary N) is 1. The highest BCUT2D eigenvalue weighted by Crippen LogP contribution is 2.35.